The summed E-state index contributed by atoms with van der Waals surface area (Å²) in [6.45, 7) is 8.01. The molecule has 0 aromatic heterocycles. The Bertz CT molecular complexity index is 496. The van der Waals surface area contributed by atoms with Crippen LogP contribution in [0.25, 0.3) is 0 Å². The highest BCUT2D eigenvalue weighted by molar-refractivity contribution is 9.11. The van der Waals surface area contributed by atoms with E-state index in [2.05, 4.69) is 60.4 Å². The monoisotopic (exact) mass is 386 g/mol. The third-order valence-electron chi connectivity index (χ3n) is 3.43. The van der Waals surface area contributed by atoms with Crippen molar-refractivity contribution in [3.05, 3.63) is 37.0 Å². The summed E-state index contributed by atoms with van der Waals surface area (Å²) in [5.41, 5.74) is 0.631. The first-order valence-corrected chi connectivity index (χ1v) is 8.40. The molecule has 1 saturated heterocycles. The van der Waals surface area contributed by atoms with Crippen molar-refractivity contribution in [2.45, 2.75) is 34.2 Å². The first kappa shape index (κ1) is 18.4. The fourth-order valence-corrected chi connectivity index (χ4v) is 3.31. The lowest BCUT2D eigenvalue weighted by atomic mass is 10.0. The third kappa shape index (κ3) is 4.67. The molecule has 0 saturated carbocycles. The van der Waals surface area contributed by atoms with Crippen molar-refractivity contribution in [1.82, 2.24) is 4.90 Å². The molecule has 1 heterocycles. The van der Waals surface area contributed by atoms with Crippen LogP contribution in [0.5, 0.6) is 0 Å². The van der Waals surface area contributed by atoms with E-state index in [4.69, 9.17) is 5.26 Å². The van der Waals surface area contributed by atoms with Crippen LogP contribution >= 0.6 is 41.2 Å². The predicted octanol–water partition coefficient (Wildman–Crippen LogP) is 3.51. The molecule has 0 aromatic carbocycles. The molecule has 0 bridgehead atoms. The molecule has 114 valence electrons. The van der Waals surface area contributed by atoms with Crippen LogP contribution in [0, 0.1) is 11.3 Å². The van der Waals surface area contributed by atoms with Gasteiger partial charge in [-0.05, 0) is 24.8 Å². The van der Waals surface area contributed by atoms with Gasteiger partial charge in [0.2, 0.25) is 5.91 Å². The molecule has 0 aromatic rings. The highest BCUT2D eigenvalue weighted by atomic mass is 79.9. The predicted molar refractivity (Wildman–Crippen MR) is 96.9 cm³/mol. The molecule has 0 aliphatic carbocycles. The van der Waals surface area contributed by atoms with Gasteiger partial charge < -0.3 is 4.90 Å². The number of halogens is 1. The van der Waals surface area contributed by atoms with E-state index in [9.17, 15) is 4.79 Å². The van der Waals surface area contributed by atoms with Crippen LogP contribution < -0.4 is 0 Å². The summed E-state index contributed by atoms with van der Waals surface area (Å²) >= 11 is 12.3. The Morgan fingerprint density at radius 2 is 2.19 bits per heavy atom. The number of alkyl halides is 1. The molecule has 3 atom stereocenters. The highest BCUT2D eigenvalue weighted by Crippen LogP contribution is 2.37. The average molecular weight is 387 g/mol. The molecule has 0 N–H and O–H groups in total. The number of rotatable bonds is 5. The second kappa shape index (κ2) is 8.11. The molecule has 0 radical (unpaired) electrons. The van der Waals surface area contributed by atoms with Gasteiger partial charge in [-0.2, -0.15) is 30.5 Å². The van der Waals surface area contributed by atoms with Crippen LogP contribution in [0.1, 0.15) is 19.3 Å². The van der Waals surface area contributed by atoms with E-state index in [1.54, 1.807) is 17.1 Å². The lowest BCUT2D eigenvalue weighted by Crippen LogP contribution is -2.42. The lowest BCUT2D eigenvalue weighted by Gasteiger charge is -2.32. The molecule has 6 heteroatoms. The van der Waals surface area contributed by atoms with E-state index >= 15 is 0 Å². The minimum absolute atomic E-state index is 0.197. The number of amides is 1. The molecule has 1 aliphatic rings. The van der Waals surface area contributed by atoms with Crippen molar-refractivity contribution < 1.29 is 4.79 Å². The van der Waals surface area contributed by atoms with Gasteiger partial charge in [0.05, 0.1) is 6.07 Å². The van der Waals surface area contributed by atoms with Gasteiger partial charge in [-0.25, -0.2) is 0 Å². The summed E-state index contributed by atoms with van der Waals surface area (Å²) in [4.78, 5) is 14.1. The summed E-state index contributed by atoms with van der Waals surface area (Å²) in [6.07, 6.45) is 7.30. The normalized spacial score (nSPS) is 23.6. The molecule has 3 unspecified atom stereocenters. The third-order valence-corrected chi connectivity index (χ3v) is 5.14. The maximum Gasteiger partial charge on any atom is 0.247 e. The first-order chi connectivity index (χ1) is 9.87. The Morgan fingerprint density at radius 3 is 2.71 bits per heavy atom. The van der Waals surface area contributed by atoms with Crippen molar-refractivity contribution in [1.29, 1.82) is 5.26 Å². The topological polar surface area (TPSA) is 44.1 Å². The Morgan fingerprint density at radius 1 is 1.52 bits per heavy atom. The van der Waals surface area contributed by atoms with E-state index in [0.717, 1.165) is 19.3 Å². The second-order valence-electron chi connectivity index (χ2n) is 4.83. The van der Waals surface area contributed by atoms with E-state index in [1.807, 2.05) is 0 Å². The quantitative estimate of drug-likeness (QED) is 0.328. The van der Waals surface area contributed by atoms with Crippen LogP contribution in [0.15, 0.2) is 37.0 Å². The number of carbonyl (C=O) groups is 1. The highest BCUT2D eigenvalue weighted by Gasteiger charge is 2.30. The van der Waals surface area contributed by atoms with Crippen molar-refractivity contribution in [3.8, 4) is 6.07 Å². The van der Waals surface area contributed by atoms with Gasteiger partial charge in [0.1, 0.15) is 9.70 Å². The van der Waals surface area contributed by atoms with Crippen molar-refractivity contribution in [3.63, 3.8) is 0 Å². The van der Waals surface area contributed by atoms with E-state index in [1.165, 1.54) is 6.08 Å². The number of carbonyl (C=O) groups excluding carboxylic acids is 1. The van der Waals surface area contributed by atoms with Gasteiger partial charge >= 0.3 is 0 Å². The summed E-state index contributed by atoms with van der Waals surface area (Å²) in [7, 11) is 0. The van der Waals surface area contributed by atoms with Crippen LogP contribution in [-0.2, 0) is 4.79 Å². The van der Waals surface area contributed by atoms with Crippen molar-refractivity contribution in [2.75, 3.05) is 6.54 Å². The minimum atomic E-state index is -0.846. The van der Waals surface area contributed by atoms with Crippen molar-refractivity contribution >= 4 is 47.1 Å². The van der Waals surface area contributed by atoms with Crippen LogP contribution in [0.3, 0.4) is 0 Å². The number of hydrogen-bond donors (Lipinski definition) is 2. The Kier molecular flexibility index (Phi) is 7.11. The average Bonchev–Trinajstić information content (AvgIpc) is 2.51. The number of nitriles is 1. The molecule has 3 nitrogen and oxygen atoms in total. The molecule has 0 spiro atoms. The zero-order valence-corrected chi connectivity index (χ0v) is 15.1. The number of hydrogen-bond acceptors (Lipinski definition) is 4. The van der Waals surface area contributed by atoms with Crippen LogP contribution in [0.4, 0.5) is 0 Å². The van der Waals surface area contributed by atoms with E-state index in [0.29, 0.717) is 12.1 Å². The zero-order chi connectivity index (χ0) is 16.0. The van der Waals surface area contributed by atoms with Gasteiger partial charge in [0.15, 0.2) is 0 Å². The molecule has 1 fully saturated rings. The SMILES string of the molecule is C=CC(S)/C(=C\C(=O)N1CCCCC1C#N)C(S)(Br)C=C. The van der Waals surface area contributed by atoms with Crippen molar-refractivity contribution in [2.24, 2.45) is 0 Å². The van der Waals surface area contributed by atoms with Gasteiger partial charge in [0.25, 0.3) is 0 Å². The number of nitrogens with zero attached hydrogens (tertiary/aromatic N) is 2. The molecular weight excluding hydrogens is 368 g/mol. The Labute approximate surface area is 145 Å². The number of piperidine rings is 1. The number of thiol groups is 2. The Balaban J connectivity index is 3.09. The fourth-order valence-electron chi connectivity index (χ4n) is 2.18. The molecular formula is C15H19BrN2OS2. The summed E-state index contributed by atoms with van der Waals surface area (Å²) < 4.78 is -0.846. The first-order valence-electron chi connectivity index (χ1n) is 6.65. The minimum Gasteiger partial charge on any atom is -0.323 e. The smallest absolute Gasteiger partial charge is 0.247 e. The molecule has 1 aliphatic heterocycles. The van der Waals surface area contributed by atoms with E-state index < -0.39 is 3.66 Å². The lowest BCUT2D eigenvalue weighted by molar-refractivity contribution is -0.128. The molecule has 21 heavy (non-hydrogen) atoms. The summed E-state index contributed by atoms with van der Waals surface area (Å²) in [5, 5.41) is 8.83. The Hall–Kier alpha value is -0.640. The second-order valence-corrected chi connectivity index (χ2v) is 7.96. The van der Waals surface area contributed by atoms with Crippen LogP contribution in [0.2, 0.25) is 0 Å². The van der Waals surface area contributed by atoms with Gasteiger partial charge in [0, 0.05) is 17.9 Å². The van der Waals surface area contributed by atoms with Gasteiger partial charge in [-0.15, -0.1) is 13.2 Å². The standard InChI is InChI=1S/C15H19BrN2OS2/c1-3-13(20)12(15(16,21)4-2)9-14(19)18-8-6-5-7-11(18)10-17/h3-4,9,11,13,20-21H,1-2,5-8H2/b12-9+. The maximum atomic E-state index is 12.5. The zero-order valence-electron chi connectivity index (χ0n) is 11.7. The molecule has 1 rings (SSSR count). The summed E-state index contributed by atoms with van der Waals surface area (Å²) in [6, 6.07) is 1.83. The van der Waals surface area contributed by atoms with Crippen LogP contribution in [-0.4, -0.2) is 32.3 Å². The largest absolute Gasteiger partial charge is 0.323 e. The summed E-state index contributed by atoms with van der Waals surface area (Å²) in [5.74, 6) is -0.197. The van der Waals surface area contributed by atoms with Gasteiger partial charge in [-0.3, -0.25) is 4.79 Å². The number of likely N-dealkylation sites (tertiary alicyclic amines) is 1. The van der Waals surface area contributed by atoms with Gasteiger partial charge in [-0.1, -0.05) is 28.1 Å². The van der Waals surface area contributed by atoms with E-state index in [-0.39, 0.29) is 17.2 Å². The fraction of sp³-hybridized carbons (Fsp3) is 0.467. The maximum absolute atomic E-state index is 12.5. The molecule has 1 amide bonds.